The number of aryl methyl sites for hydroxylation is 1. The van der Waals surface area contributed by atoms with Crippen LogP contribution in [0.4, 0.5) is 0 Å². The summed E-state index contributed by atoms with van der Waals surface area (Å²) in [5.41, 5.74) is 7.90. The molecule has 0 N–H and O–H groups in total. The lowest BCUT2D eigenvalue weighted by Crippen LogP contribution is -2.05. The van der Waals surface area contributed by atoms with E-state index in [9.17, 15) is 0 Å². The van der Waals surface area contributed by atoms with E-state index >= 15 is 0 Å². The normalized spacial score (nSPS) is 11.7. The van der Waals surface area contributed by atoms with Crippen LogP contribution in [0.15, 0.2) is 158 Å². The zero-order valence-electron chi connectivity index (χ0n) is 27.1. The number of para-hydroxylation sites is 4. The van der Waals surface area contributed by atoms with Gasteiger partial charge in [0.1, 0.15) is 23.0 Å². The van der Waals surface area contributed by atoms with Crippen LogP contribution in [-0.4, -0.2) is 33.9 Å². The van der Waals surface area contributed by atoms with Crippen molar-refractivity contribution < 1.29 is 0 Å². The third-order valence-corrected chi connectivity index (χ3v) is 9.47. The van der Waals surface area contributed by atoms with Crippen LogP contribution in [-0.2, 0) is 0 Å². The zero-order valence-corrected chi connectivity index (χ0v) is 27.1. The minimum absolute atomic E-state index is 0.636. The SMILES string of the molecule is Cc1cccc(-n2c(-c3cccc(-n4c5ccccc5c5ccccc54)n3)nnc2-c2cccc(-n3c4ccccc4c4ccccc43)n2)c1. The minimum atomic E-state index is 0.636. The van der Waals surface area contributed by atoms with Crippen LogP contribution in [0.25, 0.3) is 84.0 Å². The van der Waals surface area contributed by atoms with Crippen LogP contribution in [0.2, 0.25) is 0 Å². The molecule has 0 unspecified atom stereocenters. The van der Waals surface area contributed by atoms with E-state index < -0.39 is 0 Å². The molecule has 10 aromatic rings. The number of nitrogens with zero attached hydrogens (tertiary/aromatic N) is 7. The maximum atomic E-state index is 5.24. The molecule has 0 amide bonds. The topological polar surface area (TPSA) is 66.3 Å². The smallest absolute Gasteiger partial charge is 0.187 e. The van der Waals surface area contributed by atoms with E-state index in [0.29, 0.717) is 23.0 Å². The van der Waals surface area contributed by atoms with Gasteiger partial charge in [0.05, 0.1) is 22.1 Å². The Balaban J connectivity index is 1.17. The molecule has 5 aromatic carbocycles. The second-order valence-corrected chi connectivity index (χ2v) is 12.5. The van der Waals surface area contributed by atoms with Crippen LogP contribution in [0.1, 0.15) is 5.56 Å². The van der Waals surface area contributed by atoms with Gasteiger partial charge in [0.25, 0.3) is 0 Å². The van der Waals surface area contributed by atoms with Gasteiger partial charge in [-0.2, -0.15) is 0 Å². The van der Waals surface area contributed by atoms with Gasteiger partial charge in [-0.1, -0.05) is 97.1 Å². The molecule has 0 saturated heterocycles. The van der Waals surface area contributed by atoms with Gasteiger partial charge in [-0.15, -0.1) is 10.2 Å². The number of pyridine rings is 2. The molecule has 50 heavy (non-hydrogen) atoms. The molecule has 10 rings (SSSR count). The van der Waals surface area contributed by atoms with Crippen molar-refractivity contribution in [1.82, 2.24) is 33.9 Å². The Labute approximate surface area is 287 Å². The average molecular weight is 644 g/mol. The highest BCUT2D eigenvalue weighted by atomic mass is 15.3. The van der Waals surface area contributed by atoms with Gasteiger partial charge < -0.3 is 0 Å². The van der Waals surface area contributed by atoms with Crippen LogP contribution in [0.3, 0.4) is 0 Å². The summed E-state index contributed by atoms with van der Waals surface area (Å²) < 4.78 is 6.52. The maximum Gasteiger partial charge on any atom is 0.187 e. The fourth-order valence-corrected chi connectivity index (χ4v) is 7.31. The first-order valence-electron chi connectivity index (χ1n) is 16.7. The molecule has 7 nitrogen and oxygen atoms in total. The number of benzene rings is 5. The first kappa shape index (κ1) is 28.2. The van der Waals surface area contributed by atoms with Gasteiger partial charge in [-0.3, -0.25) is 13.7 Å². The van der Waals surface area contributed by atoms with E-state index in [-0.39, 0.29) is 0 Å². The molecule has 5 heterocycles. The van der Waals surface area contributed by atoms with Crippen molar-refractivity contribution >= 4 is 43.6 Å². The highest BCUT2D eigenvalue weighted by Gasteiger charge is 2.22. The van der Waals surface area contributed by atoms with Crippen molar-refractivity contribution in [2.45, 2.75) is 6.92 Å². The maximum absolute atomic E-state index is 5.24. The van der Waals surface area contributed by atoms with Gasteiger partial charge >= 0.3 is 0 Å². The number of rotatable bonds is 5. The Morgan fingerprint density at radius 2 is 0.780 bits per heavy atom. The van der Waals surface area contributed by atoms with Crippen molar-refractivity contribution in [3.05, 3.63) is 163 Å². The van der Waals surface area contributed by atoms with Crippen molar-refractivity contribution in [3.8, 4) is 40.4 Å². The minimum Gasteiger partial charge on any atom is -0.294 e. The quantitative estimate of drug-likeness (QED) is 0.187. The molecule has 5 aromatic heterocycles. The van der Waals surface area contributed by atoms with E-state index in [1.807, 2.05) is 36.4 Å². The molecule has 0 fully saturated rings. The summed E-state index contributed by atoms with van der Waals surface area (Å²) in [4.78, 5) is 10.5. The summed E-state index contributed by atoms with van der Waals surface area (Å²) in [6.45, 7) is 2.09. The summed E-state index contributed by atoms with van der Waals surface area (Å²) in [7, 11) is 0. The van der Waals surface area contributed by atoms with E-state index in [1.165, 1.54) is 21.5 Å². The summed E-state index contributed by atoms with van der Waals surface area (Å²) in [6.07, 6.45) is 0. The molecule has 0 bridgehead atoms. The molecule has 0 atom stereocenters. The first-order chi connectivity index (χ1) is 24.7. The third-order valence-electron chi connectivity index (χ3n) is 9.47. The number of fused-ring (bicyclic) bond motifs is 6. The van der Waals surface area contributed by atoms with Gasteiger partial charge in [-0.05, 0) is 73.2 Å². The first-order valence-corrected chi connectivity index (χ1v) is 16.7. The number of hydrogen-bond acceptors (Lipinski definition) is 4. The van der Waals surface area contributed by atoms with Crippen molar-refractivity contribution in [1.29, 1.82) is 0 Å². The summed E-state index contributed by atoms with van der Waals surface area (Å²) in [6, 6.07) is 54.4. The second kappa shape index (κ2) is 11.1. The Kier molecular flexibility index (Phi) is 6.26. The van der Waals surface area contributed by atoms with E-state index in [1.54, 1.807) is 0 Å². The molecule has 236 valence electrons. The third kappa shape index (κ3) is 4.30. The molecule has 0 spiro atoms. The molecule has 0 saturated carbocycles. The van der Waals surface area contributed by atoms with Crippen LogP contribution in [0, 0.1) is 6.92 Å². The Morgan fingerprint density at radius 1 is 0.380 bits per heavy atom. The lowest BCUT2D eigenvalue weighted by molar-refractivity contribution is 1.02. The highest BCUT2D eigenvalue weighted by molar-refractivity contribution is 6.10. The predicted octanol–water partition coefficient (Wildman–Crippen LogP) is 9.89. The number of hydrogen-bond donors (Lipinski definition) is 0. The monoisotopic (exact) mass is 643 g/mol. The van der Waals surface area contributed by atoms with E-state index in [2.05, 4.69) is 142 Å². The molecular formula is C43H29N7. The molecule has 0 radical (unpaired) electrons. The largest absolute Gasteiger partial charge is 0.294 e. The van der Waals surface area contributed by atoms with Crippen molar-refractivity contribution in [2.24, 2.45) is 0 Å². The Bertz CT molecular complexity index is 2630. The highest BCUT2D eigenvalue weighted by Crippen LogP contribution is 2.35. The fraction of sp³-hybridized carbons (Fsp3) is 0.0233. The zero-order chi connectivity index (χ0) is 33.2. The van der Waals surface area contributed by atoms with Gasteiger partial charge in [0.2, 0.25) is 0 Å². The Morgan fingerprint density at radius 3 is 1.20 bits per heavy atom. The lowest BCUT2D eigenvalue weighted by atomic mass is 10.2. The van der Waals surface area contributed by atoms with Crippen LogP contribution >= 0.6 is 0 Å². The van der Waals surface area contributed by atoms with Crippen molar-refractivity contribution in [2.75, 3.05) is 0 Å². The molecule has 0 aliphatic rings. The molecule has 0 aliphatic carbocycles. The van der Waals surface area contributed by atoms with Gasteiger partial charge in [0.15, 0.2) is 11.6 Å². The molecular weight excluding hydrogens is 615 g/mol. The average Bonchev–Trinajstić information content (AvgIpc) is 3.86. The summed E-state index contributed by atoms with van der Waals surface area (Å²) in [5, 5.41) is 14.4. The van der Waals surface area contributed by atoms with E-state index in [4.69, 9.17) is 20.2 Å². The standard InChI is InChI=1S/C43H29N7/c1-28-13-10-14-29(27-28)48-42(34-19-11-25-40(44-34)49-36-21-6-2-15-30(36)31-16-3-7-22-37(31)49)46-47-43(48)35-20-12-26-41(45-35)50-38-23-8-4-17-32(38)33-18-5-9-24-39(33)50/h2-27H,1H3. The van der Waals surface area contributed by atoms with Gasteiger partial charge in [0, 0.05) is 27.2 Å². The Hall–Kier alpha value is -6.86. The van der Waals surface area contributed by atoms with Gasteiger partial charge in [-0.25, -0.2) is 9.97 Å². The van der Waals surface area contributed by atoms with Crippen molar-refractivity contribution in [3.63, 3.8) is 0 Å². The van der Waals surface area contributed by atoms with Crippen LogP contribution in [0.5, 0.6) is 0 Å². The summed E-state index contributed by atoms with van der Waals surface area (Å²) >= 11 is 0. The fourth-order valence-electron chi connectivity index (χ4n) is 7.31. The van der Waals surface area contributed by atoms with E-state index in [0.717, 1.165) is 45.0 Å². The summed E-state index contributed by atoms with van der Waals surface area (Å²) in [5.74, 6) is 2.90. The van der Waals surface area contributed by atoms with Crippen LogP contribution < -0.4 is 0 Å². The second-order valence-electron chi connectivity index (χ2n) is 12.5. The molecule has 0 aliphatic heterocycles. The predicted molar refractivity (Wildman–Crippen MR) is 201 cm³/mol. The number of aromatic nitrogens is 7. The molecule has 7 heteroatoms. The lowest BCUT2D eigenvalue weighted by Gasteiger charge is -2.13.